The maximum atomic E-state index is 11.9. The summed E-state index contributed by atoms with van der Waals surface area (Å²) in [6.07, 6.45) is 0. The molecule has 1 aliphatic heterocycles. The van der Waals surface area contributed by atoms with Crippen LogP contribution in [0.2, 0.25) is 0 Å². The fourth-order valence-corrected chi connectivity index (χ4v) is 2.82. The van der Waals surface area contributed by atoms with Crippen LogP contribution < -0.4 is 10.6 Å². The van der Waals surface area contributed by atoms with Gasteiger partial charge in [0.25, 0.3) is 5.91 Å². The zero-order valence-corrected chi connectivity index (χ0v) is 12.1. The second-order valence-corrected chi connectivity index (χ2v) is 7.00. The highest BCUT2D eigenvalue weighted by Crippen LogP contribution is 2.25. The van der Waals surface area contributed by atoms with E-state index < -0.39 is 27.5 Å². The van der Waals surface area contributed by atoms with E-state index in [-0.39, 0.29) is 4.90 Å². The van der Waals surface area contributed by atoms with E-state index >= 15 is 0 Å². The Morgan fingerprint density at radius 2 is 1.65 bits per heavy atom. The molecule has 0 bridgehead atoms. The van der Waals surface area contributed by atoms with E-state index in [4.69, 9.17) is 0 Å². The third kappa shape index (κ3) is 2.16. The highest BCUT2D eigenvalue weighted by Gasteiger charge is 2.43. The number of carbonyl (C=O) groups excluding carboxylic acids is 2. The quantitative estimate of drug-likeness (QED) is 0.767. The average molecular weight is 297 g/mol. The van der Waals surface area contributed by atoms with Crippen LogP contribution in [0.3, 0.4) is 0 Å². The molecular weight excluding hydrogens is 282 g/mol. The predicted molar refractivity (Wildman–Crippen MR) is 71.3 cm³/mol. The molecular formula is C12H15N3O4S. The smallest absolute Gasteiger partial charge is 0.320 e. The maximum Gasteiger partial charge on any atom is 0.322 e. The molecule has 0 saturated carbocycles. The molecule has 1 fully saturated rings. The molecule has 0 aliphatic carbocycles. The molecule has 0 spiro atoms. The first-order chi connectivity index (χ1) is 9.18. The Hall–Kier alpha value is -1.93. The third-order valence-electron chi connectivity index (χ3n) is 3.25. The molecule has 2 rings (SSSR count). The standard InChI is InChI=1S/C12H15N3O4S/c1-12(10(16)13-11(17)14-12)8-4-6-9(7-5-8)20(18,19)15(2)3/h4-7H,1-3H3,(H2,13,14,16,17). The van der Waals surface area contributed by atoms with Gasteiger partial charge >= 0.3 is 6.03 Å². The van der Waals surface area contributed by atoms with Crippen molar-refractivity contribution in [1.82, 2.24) is 14.9 Å². The fourth-order valence-electron chi connectivity index (χ4n) is 1.92. The maximum absolute atomic E-state index is 11.9. The lowest BCUT2D eigenvalue weighted by Crippen LogP contribution is -2.40. The number of imide groups is 1. The lowest BCUT2D eigenvalue weighted by molar-refractivity contribution is -0.123. The van der Waals surface area contributed by atoms with Crippen molar-refractivity contribution in [2.75, 3.05) is 14.1 Å². The Balaban J connectivity index is 2.39. The van der Waals surface area contributed by atoms with Crippen molar-refractivity contribution in [3.63, 3.8) is 0 Å². The Kier molecular flexibility index (Phi) is 3.31. The fraction of sp³-hybridized carbons (Fsp3) is 0.333. The summed E-state index contributed by atoms with van der Waals surface area (Å²) in [6, 6.07) is 5.28. The molecule has 1 saturated heterocycles. The van der Waals surface area contributed by atoms with E-state index in [0.29, 0.717) is 5.56 Å². The summed E-state index contributed by atoms with van der Waals surface area (Å²) >= 11 is 0. The molecule has 8 heteroatoms. The molecule has 3 amide bonds. The molecule has 20 heavy (non-hydrogen) atoms. The monoisotopic (exact) mass is 297 g/mol. The van der Waals surface area contributed by atoms with E-state index in [2.05, 4.69) is 10.6 Å². The van der Waals surface area contributed by atoms with Gasteiger partial charge < -0.3 is 5.32 Å². The number of carbonyl (C=O) groups is 2. The number of amides is 3. The van der Waals surface area contributed by atoms with E-state index in [1.54, 1.807) is 6.92 Å². The van der Waals surface area contributed by atoms with Crippen molar-refractivity contribution in [2.24, 2.45) is 0 Å². The summed E-state index contributed by atoms with van der Waals surface area (Å²) in [5, 5.41) is 4.67. The van der Waals surface area contributed by atoms with Gasteiger partial charge in [-0.3, -0.25) is 10.1 Å². The summed E-state index contributed by atoms with van der Waals surface area (Å²) in [7, 11) is -0.636. The lowest BCUT2D eigenvalue weighted by atomic mass is 9.92. The highest BCUT2D eigenvalue weighted by atomic mass is 32.2. The number of urea groups is 1. The number of hydrogen-bond donors (Lipinski definition) is 2. The zero-order chi connectivity index (χ0) is 15.1. The van der Waals surface area contributed by atoms with Crippen molar-refractivity contribution < 1.29 is 18.0 Å². The first-order valence-electron chi connectivity index (χ1n) is 5.84. The minimum Gasteiger partial charge on any atom is -0.320 e. The van der Waals surface area contributed by atoms with Gasteiger partial charge in [0.1, 0.15) is 5.54 Å². The van der Waals surface area contributed by atoms with Crippen LogP contribution in [0, 0.1) is 0 Å². The molecule has 0 aromatic heterocycles. The van der Waals surface area contributed by atoms with Crippen molar-refractivity contribution >= 4 is 22.0 Å². The second-order valence-electron chi connectivity index (χ2n) is 4.85. The summed E-state index contributed by atoms with van der Waals surface area (Å²) in [6.45, 7) is 1.56. The molecule has 2 N–H and O–H groups in total. The van der Waals surface area contributed by atoms with Crippen molar-refractivity contribution in [2.45, 2.75) is 17.4 Å². The number of rotatable bonds is 3. The van der Waals surface area contributed by atoms with Crippen molar-refractivity contribution in [3.05, 3.63) is 29.8 Å². The summed E-state index contributed by atoms with van der Waals surface area (Å²) in [5.41, 5.74) is -0.670. The molecule has 0 radical (unpaired) electrons. The minimum atomic E-state index is -3.52. The van der Waals surface area contributed by atoms with Gasteiger partial charge in [-0.05, 0) is 24.6 Å². The van der Waals surface area contributed by atoms with Gasteiger partial charge in [-0.1, -0.05) is 12.1 Å². The average Bonchev–Trinajstić information content (AvgIpc) is 2.64. The summed E-state index contributed by atoms with van der Waals surface area (Å²) in [4.78, 5) is 23.1. The SMILES string of the molecule is CN(C)S(=O)(=O)c1ccc(C2(C)NC(=O)NC2=O)cc1. The van der Waals surface area contributed by atoms with E-state index in [1.807, 2.05) is 0 Å². The molecule has 1 unspecified atom stereocenters. The Morgan fingerprint density at radius 3 is 2.05 bits per heavy atom. The largest absolute Gasteiger partial charge is 0.322 e. The first-order valence-corrected chi connectivity index (χ1v) is 7.28. The van der Waals surface area contributed by atoms with Gasteiger partial charge in [0.2, 0.25) is 10.0 Å². The molecule has 1 aliphatic rings. The van der Waals surface area contributed by atoms with Gasteiger partial charge in [-0.15, -0.1) is 0 Å². The van der Waals surface area contributed by atoms with Crippen LogP contribution in [0.4, 0.5) is 4.79 Å². The molecule has 108 valence electrons. The van der Waals surface area contributed by atoms with Crippen molar-refractivity contribution in [3.8, 4) is 0 Å². The van der Waals surface area contributed by atoms with E-state index in [1.165, 1.54) is 38.4 Å². The van der Waals surface area contributed by atoms with Gasteiger partial charge in [0.15, 0.2) is 0 Å². The number of hydrogen-bond acceptors (Lipinski definition) is 4. The van der Waals surface area contributed by atoms with Crippen LogP contribution in [-0.2, 0) is 20.4 Å². The van der Waals surface area contributed by atoms with Gasteiger partial charge in [0, 0.05) is 14.1 Å². The van der Waals surface area contributed by atoms with E-state index in [0.717, 1.165) is 4.31 Å². The number of benzene rings is 1. The first kappa shape index (κ1) is 14.5. The topological polar surface area (TPSA) is 95.6 Å². The van der Waals surface area contributed by atoms with Gasteiger partial charge in [0.05, 0.1) is 4.90 Å². The zero-order valence-electron chi connectivity index (χ0n) is 11.3. The van der Waals surface area contributed by atoms with Crippen LogP contribution in [0.25, 0.3) is 0 Å². The van der Waals surface area contributed by atoms with Crippen molar-refractivity contribution in [1.29, 1.82) is 0 Å². The second kappa shape index (κ2) is 4.57. The van der Waals surface area contributed by atoms with Gasteiger partial charge in [-0.25, -0.2) is 17.5 Å². The van der Waals surface area contributed by atoms with Crippen LogP contribution >= 0.6 is 0 Å². The van der Waals surface area contributed by atoms with Crippen LogP contribution in [0.15, 0.2) is 29.2 Å². The predicted octanol–water partition coefficient (Wildman–Crippen LogP) is -0.00850. The van der Waals surface area contributed by atoms with Gasteiger partial charge in [-0.2, -0.15) is 0 Å². The third-order valence-corrected chi connectivity index (χ3v) is 5.08. The minimum absolute atomic E-state index is 0.125. The number of sulfonamides is 1. The molecule has 1 heterocycles. The van der Waals surface area contributed by atoms with Crippen LogP contribution in [0.1, 0.15) is 12.5 Å². The Bertz CT molecular complexity index is 666. The molecule has 1 aromatic carbocycles. The lowest BCUT2D eigenvalue weighted by Gasteiger charge is -2.21. The molecule has 7 nitrogen and oxygen atoms in total. The summed E-state index contributed by atoms with van der Waals surface area (Å²) < 4.78 is 25.0. The molecule has 1 aromatic rings. The molecule has 1 atom stereocenters. The number of nitrogens with one attached hydrogen (secondary N) is 2. The Morgan fingerprint density at radius 1 is 1.10 bits per heavy atom. The Labute approximate surface area is 117 Å². The summed E-state index contributed by atoms with van der Waals surface area (Å²) in [5.74, 6) is -0.467. The normalized spacial score (nSPS) is 22.8. The van der Waals surface area contributed by atoms with E-state index in [9.17, 15) is 18.0 Å². The number of nitrogens with zero attached hydrogens (tertiary/aromatic N) is 1. The van der Waals surface area contributed by atoms with Crippen LogP contribution in [0.5, 0.6) is 0 Å². The highest BCUT2D eigenvalue weighted by molar-refractivity contribution is 7.89. The van der Waals surface area contributed by atoms with Crippen LogP contribution in [-0.4, -0.2) is 38.8 Å².